The minimum Gasteiger partial charge on any atom is -0.389 e. The Morgan fingerprint density at radius 3 is 2.28 bits per heavy atom. The molecule has 0 heterocycles. The molecule has 0 bridgehead atoms. The van der Waals surface area contributed by atoms with E-state index in [0.29, 0.717) is 6.04 Å². The zero-order valence-electron chi connectivity index (χ0n) is 12.1. The molecule has 18 heavy (non-hydrogen) atoms. The summed E-state index contributed by atoms with van der Waals surface area (Å²) in [7, 11) is 0. The van der Waals surface area contributed by atoms with Crippen molar-refractivity contribution in [2.75, 3.05) is 6.54 Å². The summed E-state index contributed by atoms with van der Waals surface area (Å²) in [6.45, 7) is 3.11. The van der Waals surface area contributed by atoms with Crippen LogP contribution in [-0.2, 0) is 0 Å². The molecule has 2 rings (SSSR count). The maximum Gasteiger partial charge on any atom is 0.0771 e. The van der Waals surface area contributed by atoms with Gasteiger partial charge in [0.25, 0.3) is 0 Å². The first kappa shape index (κ1) is 14.3. The topological polar surface area (TPSA) is 32.3 Å². The van der Waals surface area contributed by atoms with Gasteiger partial charge < -0.3 is 10.4 Å². The van der Waals surface area contributed by atoms with Crippen LogP contribution in [0.5, 0.6) is 0 Å². The molecule has 2 nitrogen and oxygen atoms in total. The van der Waals surface area contributed by atoms with Gasteiger partial charge in [-0.05, 0) is 38.0 Å². The lowest BCUT2D eigenvalue weighted by molar-refractivity contribution is 0.000235. The van der Waals surface area contributed by atoms with Crippen molar-refractivity contribution in [2.24, 2.45) is 5.92 Å². The fourth-order valence-electron chi connectivity index (χ4n) is 3.89. The molecule has 2 saturated carbocycles. The Hall–Kier alpha value is -0.0800. The molecular formula is C16H31NO. The average molecular weight is 253 g/mol. The molecule has 2 aliphatic rings. The molecule has 2 heteroatoms. The fraction of sp³-hybridized carbons (Fsp3) is 1.00. The van der Waals surface area contributed by atoms with Gasteiger partial charge in [-0.3, -0.25) is 0 Å². The van der Waals surface area contributed by atoms with Crippen molar-refractivity contribution in [3.05, 3.63) is 0 Å². The minimum absolute atomic E-state index is 0.402. The third-order valence-electron chi connectivity index (χ3n) is 5.14. The summed E-state index contributed by atoms with van der Waals surface area (Å²) in [5.41, 5.74) is -0.402. The minimum atomic E-state index is -0.402. The second-order valence-corrected chi connectivity index (χ2v) is 6.58. The van der Waals surface area contributed by atoms with Crippen molar-refractivity contribution < 1.29 is 5.11 Å². The molecule has 1 atom stereocenters. The molecule has 0 radical (unpaired) electrons. The highest BCUT2D eigenvalue weighted by molar-refractivity contribution is 4.87. The van der Waals surface area contributed by atoms with Crippen LogP contribution in [-0.4, -0.2) is 23.3 Å². The van der Waals surface area contributed by atoms with Crippen LogP contribution in [0.25, 0.3) is 0 Å². The predicted molar refractivity (Wildman–Crippen MR) is 76.7 cm³/mol. The molecule has 0 amide bonds. The zero-order chi connectivity index (χ0) is 12.8. The van der Waals surface area contributed by atoms with Crippen LogP contribution >= 0.6 is 0 Å². The molecule has 2 N–H and O–H groups in total. The molecule has 0 aromatic carbocycles. The summed E-state index contributed by atoms with van der Waals surface area (Å²) in [4.78, 5) is 0. The van der Waals surface area contributed by atoms with E-state index in [1.54, 1.807) is 0 Å². The van der Waals surface area contributed by atoms with Gasteiger partial charge in [-0.1, -0.05) is 45.4 Å². The van der Waals surface area contributed by atoms with Gasteiger partial charge in [-0.15, -0.1) is 0 Å². The molecule has 1 unspecified atom stereocenters. The van der Waals surface area contributed by atoms with Gasteiger partial charge in [0.2, 0.25) is 0 Å². The second-order valence-electron chi connectivity index (χ2n) is 6.58. The van der Waals surface area contributed by atoms with Crippen LogP contribution in [0.15, 0.2) is 0 Å². The normalized spacial score (nSPS) is 27.0. The lowest BCUT2D eigenvalue weighted by Gasteiger charge is -2.36. The molecule has 2 fully saturated rings. The summed E-state index contributed by atoms with van der Waals surface area (Å²) in [5.74, 6) is 0.857. The molecular weight excluding hydrogens is 222 g/mol. The standard InChI is InChI=1S/C16H31NO/c1-2-15(14-9-5-3-6-10-14)17-13-16(18)11-7-4-8-12-16/h14-15,17-18H,2-13H2,1H3. The van der Waals surface area contributed by atoms with Crippen molar-refractivity contribution >= 4 is 0 Å². The van der Waals surface area contributed by atoms with E-state index in [4.69, 9.17) is 0 Å². The van der Waals surface area contributed by atoms with Gasteiger partial charge in [0.15, 0.2) is 0 Å². The first-order valence-corrected chi connectivity index (χ1v) is 8.19. The van der Waals surface area contributed by atoms with Crippen LogP contribution < -0.4 is 5.32 Å². The Kier molecular flexibility index (Phi) is 5.50. The van der Waals surface area contributed by atoms with Crippen LogP contribution in [0, 0.1) is 5.92 Å². The first-order chi connectivity index (χ1) is 8.73. The Morgan fingerprint density at radius 2 is 1.67 bits per heavy atom. The lowest BCUT2D eigenvalue weighted by Crippen LogP contribution is -2.48. The van der Waals surface area contributed by atoms with Crippen molar-refractivity contribution in [1.82, 2.24) is 5.32 Å². The molecule has 0 aromatic rings. The van der Waals surface area contributed by atoms with Gasteiger partial charge in [-0.2, -0.15) is 0 Å². The molecule has 0 aliphatic heterocycles. The maximum absolute atomic E-state index is 10.6. The maximum atomic E-state index is 10.6. The number of nitrogens with one attached hydrogen (secondary N) is 1. The number of hydrogen-bond donors (Lipinski definition) is 2. The van der Waals surface area contributed by atoms with Gasteiger partial charge >= 0.3 is 0 Å². The Morgan fingerprint density at radius 1 is 1.06 bits per heavy atom. The van der Waals surface area contributed by atoms with Gasteiger partial charge in [0.1, 0.15) is 0 Å². The van der Waals surface area contributed by atoms with Crippen molar-refractivity contribution in [2.45, 2.75) is 89.2 Å². The van der Waals surface area contributed by atoms with Gasteiger partial charge in [-0.25, -0.2) is 0 Å². The van der Waals surface area contributed by atoms with Crippen molar-refractivity contribution in [3.8, 4) is 0 Å². The van der Waals surface area contributed by atoms with E-state index in [0.717, 1.165) is 25.3 Å². The van der Waals surface area contributed by atoms with Crippen LogP contribution in [0.3, 0.4) is 0 Å². The van der Waals surface area contributed by atoms with Crippen LogP contribution in [0.4, 0.5) is 0 Å². The monoisotopic (exact) mass is 253 g/mol. The number of rotatable bonds is 5. The largest absolute Gasteiger partial charge is 0.389 e. The number of aliphatic hydroxyl groups is 1. The van der Waals surface area contributed by atoms with Crippen molar-refractivity contribution in [3.63, 3.8) is 0 Å². The summed E-state index contributed by atoms with van der Waals surface area (Å²) < 4.78 is 0. The fourth-order valence-corrected chi connectivity index (χ4v) is 3.89. The molecule has 0 spiro atoms. The quantitative estimate of drug-likeness (QED) is 0.784. The van der Waals surface area contributed by atoms with E-state index in [2.05, 4.69) is 12.2 Å². The average Bonchev–Trinajstić information content (AvgIpc) is 2.41. The van der Waals surface area contributed by atoms with E-state index in [9.17, 15) is 5.11 Å². The summed E-state index contributed by atoms with van der Waals surface area (Å²) >= 11 is 0. The van der Waals surface area contributed by atoms with Crippen LogP contribution in [0.2, 0.25) is 0 Å². The van der Waals surface area contributed by atoms with Crippen molar-refractivity contribution in [1.29, 1.82) is 0 Å². The second kappa shape index (κ2) is 6.91. The predicted octanol–water partition coefficient (Wildman–Crippen LogP) is 3.63. The lowest BCUT2D eigenvalue weighted by atomic mass is 9.81. The van der Waals surface area contributed by atoms with E-state index in [1.165, 1.54) is 57.8 Å². The Labute approximate surface area is 113 Å². The summed E-state index contributed by atoms with van der Waals surface area (Å²) in [5, 5.41) is 14.3. The highest BCUT2D eigenvalue weighted by Crippen LogP contribution is 2.30. The highest BCUT2D eigenvalue weighted by Gasteiger charge is 2.31. The molecule has 106 valence electrons. The number of hydrogen-bond acceptors (Lipinski definition) is 2. The zero-order valence-corrected chi connectivity index (χ0v) is 12.1. The van der Waals surface area contributed by atoms with Gasteiger partial charge in [0.05, 0.1) is 5.60 Å². The van der Waals surface area contributed by atoms with E-state index < -0.39 is 5.60 Å². The Bertz CT molecular complexity index is 229. The third kappa shape index (κ3) is 3.96. The third-order valence-corrected chi connectivity index (χ3v) is 5.14. The Balaban J connectivity index is 1.78. The highest BCUT2D eigenvalue weighted by atomic mass is 16.3. The first-order valence-electron chi connectivity index (χ1n) is 8.19. The van der Waals surface area contributed by atoms with E-state index in [-0.39, 0.29) is 0 Å². The van der Waals surface area contributed by atoms with Gasteiger partial charge in [0, 0.05) is 12.6 Å². The van der Waals surface area contributed by atoms with Crippen LogP contribution in [0.1, 0.15) is 77.6 Å². The summed E-state index contributed by atoms with van der Waals surface area (Å²) in [6.07, 6.45) is 14.0. The smallest absolute Gasteiger partial charge is 0.0771 e. The summed E-state index contributed by atoms with van der Waals surface area (Å²) in [6, 6.07) is 0.635. The van der Waals surface area contributed by atoms with E-state index in [1.807, 2.05) is 0 Å². The molecule has 2 aliphatic carbocycles. The van der Waals surface area contributed by atoms with E-state index >= 15 is 0 Å². The SMILES string of the molecule is CCC(NCC1(O)CCCCC1)C1CCCCC1. The molecule has 0 aromatic heterocycles. The molecule has 0 saturated heterocycles.